The lowest BCUT2D eigenvalue weighted by Crippen LogP contribution is -2.31. The highest BCUT2D eigenvalue weighted by Gasteiger charge is 2.40. The first-order chi connectivity index (χ1) is 11.9. The molecule has 5 heteroatoms. The van der Waals surface area contributed by atoms with Crippen molar-refractivity contribution in [3.63, 3.8) is 0 Å². The van der Waals surface area contributed by atoms with E-state index in [0.29, 0.717) is 16.2 Å². The molecule has 1 aliphatic rings. The number of hydrogen-bond acceptors (Lipinski definition) is 3. The quantitative estimate of drug-likeness (QED) is 0.651. The molecule has 1 aliphatic heterocycles. The van der Waals surface area contributed by atoms with Crippen molar-refractivity contribution in [2.45, 2.75) is 20.8 Å². The molecular weight excluding hydrogens is 398 g/mol. The Labute approximate surface area is 160 Å². The fraction of sp³-hybridized carbons (Fsp3) is 0.200. The van der Waals surface area contributed by atoms with E-state index in [1.54, 1.807) is 12.1 Å². The molecule has 3 nitrogen and oxygen atoms in total. The normalized spacial score (nSPS) is 14.6. The number of benzene rings is 2. The summed E-state index contributed by atoms with van der Waals surface area (Å²) in [7, 11) is 0. The molecular formula is C20H18BrNO2S. The van der Waals surface area contributed by atoms with Crippen LogP contribution in [-0.4, -0.2) is 17.6 Å². The number of carbonyl (C=O) groups is 2. The van der Waals surface area contributed by atoms with E-state index in [4.69, 9.17) is 0 Å². The summed E-state index contributed by atoms with van der Waals surface area (Å²) in [5.74, 6) is 0.227. The lowest BCUT2D eigenvalue weighted by Gasteiger charge is -2.15. The van der Waals surface area contributed by atoms with E-state index in [1.807, 2.05) is 51.1 Å². The molecule has 2 aromatic rings. The van der Waals surface area contributed by atoms with Gasteiger partial charge >= 0.3 is 0 Å². The standard InChI is InChI=1S/C20H18BrNO2S/c1-4-25-18-17(16-9-8-12(2)10-13(16)3)19(23)22(20(18)24)15-7-5-6-14(21)11-15/h5-11H,4H2,1-3H3. The van der Waals surface area contributed by atoms with Gasteiger partial charge in [0.05, 0.1) is 16.2 Å². The summed E-state index contributed by atoms with van der Waals surface area (Å²) in [5.41, 5.74) is 4.05. The largest absolute Gasteiger partial charge is 0.272 e. The SMILES string of the molecule is CCSC1=C(c2ccc(C)cc2C)C(=O)N(c2cccc(Br)c2)C1=O. The van der Waals surface area contributed by atoms with Crippen LogP contribution in [0.2, 0.25) is 0 Å². The van der Waals surface area contributed by atoms with Crippen LogP contribution in [0.4, 0.5) is 5.69 Å². The first kappa shape index (κ1) is 18.0. The molecule has 0 bridgehead atoms. The van der Waals surface area contributed by atoms with E-state index in [-0.39, 0.29) is 11.8 Å². The summed E-state index contributed by atoms with van der Waals surface area (Å²) in [6, 6.07) is 13.2. The molecule has 3 rings (SSSR count). The number of hydrogen-bond donors (Lipinski definition) is 0. The maximum atomic E-state index is 13.2. The minimum Gasteiger partial charge on any atom is -0.268 e. The summed E-state index contributed by atoms with van der Waals surface area (Å²) in [6.45, 7) is 5.97. The van der Waals surface area contributed by atoms with Gasteiger partial charge in [-0.2, -0.15) is 0 Å². The van der Waals surface area contributed by atoms with Gasteiger partial charge in [0.1, 0.15) is 0 Å². The van der Waals surface area contributed by atoms with Gasteiger partial charge in [-0.25, -0.2) is 4.90 Å². The molecule has 0 atom stereocenters. The van der Waals surface area contributed by atoms with Gasteiger partial charge in [-0.15, -0.1) is 11.8 Å². The molecule has 25 heavy (non-hydrogen) atoms. The fourth-order valence-corrected chi connectivity index (χ4v) is 4.20. The Hall–Kier alpha value is -1.85. The zero-order valence-electron chi connectivity index (χ0n) is 14.3. The molecule has 0 radical (unpaired) electrons. The molecule has 1 heterocycles. The van der Waals surface area contributed by atoms with Gasteiger partial charge in [0.15, 0.2) is 0 Å². The molecule has 0 saturated heterocycles. The third-order valence-corrected chi connectivity index (χ3v) is 5.50. The zero-order valence-corrected chi connectivity index (χ0v) is 16.7. The number of halogens is 1. The van der Waals surface area contributed by atoms with Gasteiger partial charge in [-0.1, -0.05) is 52.7 Å². The van der Waals surface area contributed by atoms with Crippen molar-refractivity contribution in [1.29, 1.82) is 0 Å². The third-order valence-electron chi connectivity index (χ3n) is 4.05. The first-order valence-electron chi connectivity index (χ1n) is 8.03. The molecule has 128 valence electrons. The van der Waals surface area contributed by atoms with E-state index >= 15 is 0 Å². The zero-order chi connectivity index (χ0) is 18.1. The van der Waals surface area contributed by atoms with Crippen molar-refractivity contribution in [2.75, 3.05) is 10.7 Å². The fourth-order valence-electron chi connectivity index (χ4n) is 2.97. The summed E-state index contributed by atoms with van der Waals surface area (Å²) in [5, 5.41) is 0. The van der Waals surface area contributed by atoms with Gasteiger partial charge in [-0.3, -0.25) is 9.59 Å². The molecule has 0 fully saturated rings. The summed E-state index contributed by atoms with van der Waals surface area (Å²) in [6.07, 6.45) is 0. The smallest absolute Gasteiger partial charge is 0.268 e. The number of anilines is 1. The number of thioether (sulfide) groups is 1. The number of rotatable bonds is 4. The third kappa shape index (κ3) is 3.31. The monoisotopic (exact) mass is 415 g/mol. The average molecular weight is 416 g/mol. The van der Waals surface area contributed by atoms with Crippen LogP contribution in [0, 0.1) is 13.8 Å². The van der Waals surface area contributed by atoms with Crippen molar-refractivity contribution in [1.82, 2.24) is 0 Å². The molecule has 2 aromatic carbocycles. The number of nitrogens with zero attached hydrogens (tertiary/aromatic N) is 1. The van der Waals surface area contributed by atoms with E-state index in [0.717, 1.165) is 26.9 Å². The number of carbonyl (C=O) groups excluding carboxylic acids is 2. The van der Waals surface area contributed by atoms with Crippen LogP contribution in [0.3, 0.4) is 0 Å². The lowest BCUT2D eigenvalue weighted by molar-refractivity contribution is -0.119. The number of aryl methyl sites for hydroxylation is 2. The Morgan fingerprint density at radius 1 is 1.04 bits per heavy atom. The Kier molecular flexibility index (Phi) is 5.16. The average Bonchev–Trinajstić information content (AvgIpc) is 2.79. The van der Waals surface area contributed by atoms with E-state index in [9.17, 15) is 9.59 Å². The van der Waals surface area contributed by atoms with E-state index < -0.39 is 0 Å². The van der Waals surface area contributed by atoms with Gasteiger partial charge in [0, 0.05) is 4.47 Å². The van der Waals surface area contributed by atoms with Crippen molar-refractivity contribution in [3.05, 3.63) is 68.5 Å². The van der Waals surface area contributed by atoms with Gasteiger partial charge in [0.2, 0.25) is 0 Å². The van der Waals surface area contributed by atoms with Crippen LogP contribution in [-0.2, 0) is 9.59 Å². The Bertz CT molecular complexity index is 904. The Morgan fingerprint density at radius 2 is 1.80 bits per heavy atom. The number of amides is 2. The van der Waals surface area contributed by atoms with Crippen LogP contribution in [0.5, 0.6) is 0 Å². The van der Waals surface area contributed by atoms with Gasteiger partial charge in [-0.05, 0) is 48.9 Å². The van der Waals surface area contributed by atoms with Crippen LogP contribution >= 0.6 is 27.7 Å². The summed E-state index contributed by atoms with van der Waals surface area (Å²) < 4.78 is 0.829. The molecule has 0 saturated carbocycles. The highest BCUT2D eigenvalue weighted by atomic mass is 79.9. The minimum atomic E-state index is -0.258. The summed E-state index contributed by atoms with van der Waals surface area (Å²) in [4.78, 5) is 28.0. The molecule has 0 spiro atoms. The van der Waals surface area contributed by atoms with Crippen LogP contribution in [0.25, 0.3) is 5.57 Å². The minimum absolute atomic E-state index is 0.245. The lowest BCUT2D eigenvalue weighted by atomic mass is 9.99. The predicted octanol–water partition coefficient (Wildman–Crippen LogP) is 5.10. The Morgan fingerprint density at radius 3 is 2.44 bits per heavy atom. The van der Waals surface area contributed by atoms with Crippen molar-refractivity contribution < 1.29 is 9.59 Å². The van der Waals surface area contributed by atoms with Crippen molar-refractivity contribution in [3.8, 4) is 0 Å². The molecule has 0 aromatic heterocycles. The summed E-state index contributed by atoms with van der Waals surface area (Å²) >= 11 is 4.83. The highest BCUT2D eigenvalue weighted by Crippen LogP contribution is 2.39. The Balaban J connectivity index is 2.14. The topological polar surface area (TPSA) is 37.4 Å². The van der Waals surface area contributed by atoms with Gasteiger partial charge in [0.25, 0.3) is 11.8 Å². The molecule has 0 aliphatic carbocycles. The second kappa shape index (κ2) is 7.18. The molecule has 2 amide bonds. The van der Waals surface area contributed by atoms with Crippen molar-refractivity contribution >= 4 is 50.8 Å². The van der Waals surface area contributed by atoms with Crippen molar-refractivity contribution in [2.24, 2.45) is 0 Å². The van der Waals surface area contributed by atoms with E-state index in [1.165, 1.54) is 16.7 Å². The molecule has 0 unspecified atom stereocenters. The maximum absolute atomic E-state index is 13.2. The van der Waals surface area contributed by atoms with Crippen LogP contribution in [0.15, 0.2) is 51.8 Å². The van der Waals surface area contributed by atoms with Gasteiger partial charge < -0.3 is 0 Å². The predicted molar refractivity (Wildman–Crippen MR) is 108 cm³/mol. The highest BCUT2D eigenvalue weighted by molar-refractivity contribution is 9.10. The van der Waals surface area contributed by atoms with Crippen LogP contribution < -0.4 is 4.90 Å². The second-order valence-electron chi connectivity index (χ2n) is 5.88. The van der Waals surface area contributed by atoms with E-state index in [2.05, 4.69) is 15.9 Å². The molecule has 0 N–H and O–H groups in total. The first-order valence-corrected chi connectivity index (χ1v) is 9.81. The maximum Gasteiger partial charge on any atom is 0.272 e. The number of imide groups is 1. The van der Waals surface area contributed by atoms with Crippen LogP contribution in [0.1, 0.15) is 23.6 Å². The second-order valence-corrected chi connectivity index (χ2v) is 8.07.